The molecule has 0 unspecified atom stereocenters. The molecule has 1 aliphatic rings. The van der Waals surface area contributed by atoms with Crippen LogP contribution in [-0.2, 0) is 11.2 Å². The zero-order valence-corrected chi connectivity index (χ0v) is 16.7. The summed E-state index contributed by atoms with van der Waals surface area (Å²) in [4.78, 5) is 28.6. The maximum atomic E-state index is 14.5. The van der Waals surface area contributed by atoms with Gasteiger partial charge in [0.2, 0.25) is 12.8 Å². The Bertz CT molecular complexity index is 1190. The van der Waals surface area contributed by atoms with Crippen LogP contribution in [0, 0.1) is 11.6 Å². The molecule has 0 aliphatic carbocycles. The number of anilines is 1. The van der Waals surface area contributed by atoms with Gasteiger partial charge in [-0.15, -0.1) is 0 Å². The van der Waals surface area contributed by atoms with Crippen molar-refractivity contribution in [2.75, 3.05) is 12.2 Å². The molecule has 164 valence electrons. The molecule has 0 bridgehead atoms. The van der Waals surface area contributed by atoms with Gasteiger partial charge in [0.25, 0.3) is 5.91 Å². The average molecular weight is 441 g/mol. The molecule has 6 nitrogen and oxygen atoms in total. The van der Waals surface area contributed by atoms with Gasteiger partial charge in [0.15, 0.2) is 11.6 Å². The number of carbonyl (C=O) groups excluding carboxylic acids is 2. The number of fused-ring (bicyclic) bond motifs is 1. The lowest BCUT2D eigenvalue weighted by Gasteiger charge is -2.21. The van der Waals surface area contributed by atoms with E-state index in [-0.39, 0.29) is 22.9 Å². The molecule has 4 rings (SSSR count). The molecule has 32 heavy (non-hydrogen) atoms. The third kappa shape index (κ3) is 4.41. The number of nitrogens with zero attached hydrogens (tertiary/aromatic N) is 1. The second kappa shape index (κ2) is 9.09. The number of rotatable bonds is 6. The number of carbonyl (C=O) groups is 2. The molecule has 9 heteroatoms. The predicted molar refractivity (Wildman–Crippen MR) is 110 cm³/mol. The van der Waals surface area contributed by atoms with Crippen LogP contribution in [0.2, 0.25) is 0 Å². The number of pyridine rings is 1. The first-order valence-corrected chi connectivity index (χ1v) is 9.78. The van der Waals surface area contributed by atoms with Crippen LogP contribution in [0.5, 0.6) is 5.75 Å². The topological polar surface area (TPSA) is 80.3 Å². The molecule has 0 saturated carbocycles. The molecule has 0 fully saturated rings. The monoisotopic (exact) mass is 441 g/mol. The molecule has 1 aromatic heterocycles. The lowest BCUT2D eigenvalue weighted by atomic mass is 9.98. The number of hydrogen-bond donors (Lipinski definition) is 2. The number of amides is 2. The van der Waals surface area contributed by atoms with Crippen LogP contribution >= 0.6 is 0 Å². The van der Waals surface area contributed by atoms with Crippen molar-refractivity contribution in [2.45, 2.75) is 18.9 Å². The van der Waals surface area contributed by atoms with Crippen LogP contribution in [-0.4, -0.2) is 23.7 Å². The molecular formula is C23H18F3N3O3. The number of nitrogens with one attached hydrogen (secondary N) is 2. The Morgan fingerprint density at radius 3 is 2.72 bits per heavy atom. The summed E-state index contributed by atoms with van der Waals surface area (Å²) in [6, 6.07) is 9.90. The summed E-state index contributed by atoms with van der Waals surface area (Å²) in [5.41, 5.74) is 1.82. The predicted octanol–water partition coefficient (Wildman–Crippen LogP) is 4.07. The number of alkyl halides is 1. The van der Waals surface area contributed by atoms with Crippen LogP contribution < -0.4 is 15.4 Å². The third-order valence-electron chi connectivity index (χ3n) is 5.10. The summed E-state index contributed by atoms with van der Waals surface area (Å²) in [5, 5.41) is 5.43. The molecule has 2 heterocycles. The minimum atomic E-state index is -1.20. The van der Waals surface area contributed by atoms with E-state index in [9.17, 15) is 22.8 Å². The molecule has 0 saturated heterocycles. The number of hydrogen-bond acceptors (Lipinski definition) is 4. The van der Waals surface area contributed by atoms with E-state index in [0.29, 0.717) is 24.1 Å². The fourth-order valence-electron chi connectivity index (χ4n) is 3.53. The van der Waals surface area contributed by atoms with Crippen molar-refractivity contribution in [2.24, 2.45) is 0 Å². The van der Waals surface area contributed by atoms with Crippen LogP contribution in [0.25, 0.3) is 0 Å². The zero-order valence-electron chi connectivity index (χ0n) is 16.7. The summed E-state index contributed by atoms with van der Waals surface area (Å²) in [5.74, 6) is -2.48. The van der Waals surface area contributed by atoms with Crippen molar-refractivity contribution in [1.82, 2.24) is 10.3 Å². The van der Waals surface area contributed by atoms with Gasteiger partial charge in [-0.25, -0.2) is 13.2 Å². The number of halogens is 3. The normalized spacial score (nSPS) is 13.7. The Morgan fingerprint density at radius 1 is 1.12 bits per heavy atom. The molecule has 1 aliphatic heterocycles. The Kier molecular flexibility index (Phi) is 6.07. The summed E-state index contributed by atoms with van der Waals surface area (Å²) in [6.07, 6.45) is 2.16. The summed E-state index contributed by atoms with van der Waals surface area (Å²) >= 11 is 0. The maximum Gasteiger partial charge on any atom is 0.252 e. The van der Waals surface area contributed by atoms with Gasteiger partial charge in [-0.2, -0.15) is 0 Å². The maximum absolute atomic E-state index is 14.5. The van der Waals surface area contributed by atoms with E-state index >= 15 is 0 Å². The van der Waals surface area contributed by atoms with Gasteiger partial charge in [-0.05, 0) is 60.0 Å². The first kappa shape index (κ1) is 21.4. The van der Waals surface area contributed by atoms with Crippen molar-refractivity contribution >= 4 is 17.5 Å². The lowest BCUT2D eigenvalue weighted by molar-refractivity contribution is -0.116. The molecule has 0 spiro atoms. The number of ether oxygens (including phenoxy) is 1. The number of benzene rings is 2. The van der Waals surface area contributed by atoms with E-state index in [1.165, 1.54) is 36.5 Å². The fourth-order valence-corrected chi connectivity index (χ4v) is 3.53. The van der Waals surface area contributed by atoms with Gasteiger partial charge in [0.1, 0.15) is 11.5 Å². The summed E-state index contributed by atoms with van der Waals surface area (Å²) < 4.78 is 45.8. The highest BCUT2D eigenvalue weighted by molar-refractivity contribution is 5.98. The van der Waals surface area contributed by atoms with Crippen molar-refractivity contribution < 1.29 is 27.5 Å². The largest absolute Gasteiger partial charge is 0.460 e. The van der Waals surface area contributed by atoms with Crippen molar-refractivity contribution in [3.8, 4) is 5.75 Å². The quantitative estimate of drug-likeness (QED) is 0.605. The van der Waals surface area contributed by atoms with E-state index in [2.05, 4.69) is 20.4 Å². The van der Waals surface area contributed by atoms with Crippen molar-refractivity contribution in [1.29, 1.82) is 0 Å². The highest BCUT2D eigenvalue weighted by atomic mass is 19.1. The molecule has 0 radical (unpaired) electrons. The molecule has 2 aromatic carbocycles. The molecule has 1 atom stereocenters. The standard InChI is InChI=1S/C23H18F3N3O3/c24-12-32-19-7-4-14(11-17(19)26)21(22-16(25)2-1-9-27-22)29-23(31)15-3-6-18-13(10-15)5-8-20(30)28-18/h1-4,6-7,9-11,21H,5,8,12H2,(H,28,30)(H,29,31)/t21-/m0/s1. The second-order valence-corrected chi connectivity index (χ2v) is 7.14. The third-order valence-corrected chi connectivity index (χ3v) is 5.10. The molecule has 2 amide bonds. The summed E-state index contributed by atoms with van der Waals surface area (Å²) in [7, 11) is 0. The van der Waals surface area contributed by atoms with Gasteiger partial charge in [-0.3, -0.25) is 14.6 Å². The first-order valence-electron chi connectivity index (χ1n) is 9.78. The zero-order chi connectivity index (χ0) is 22.7. The fraction of sp³-hybridized carbons (Fsp3) is 0.174. The Balaban J connectivity index is 1.67. The Morgan fingerprint density at radius 2 is 1.97 bits per heavy atom. The second-order valence-electron chi connectivity index (χ2n) is 7.14. The van der Waals surface area contributed by atoms with Crippen LogP contribution in [0.4, 0.5) is 18.9 Å². The molecular weight excluding hydrogens is 423 g/mol. The molecule has 2 N–H and O–H groups in total. The smallest absolute Gasteiger partial charge is 0.252 e. The highest BCUT2D eigenvalue weighted by Crippen LogP contribution is 2.28. The van der Waals surface area contributed by atoms with E-state index in [4.69, 9.17) is 0 Å². The SMILES string of the molecule is O=C1CCc2cc(C(=O)N[C@@H](c3ccc(OCF)c(F)c3)c3ncccc3F)ccc2N1. The summed E-state index contributed by atoms with van der Waals surface area (Å²) in [6.45, 7) is -1.20. The van der Waals surface area contributed by atoms with E-state index < -0.39 is 30.4 Å². The van der Waals surface area contributed by atoms with E-state index in [1.54, 1.807) is 12.1 Å². The first-order chi connectivity index (χ1) is 15.5. The van der Waals surface area contributed by atoms with Crippen LogP contribution in [0.3, 0.4) is 0 Å². The van der Waals surface area contributed by atoms with Gasteiger partial charge in [-0.1, -0.05) is 6.07 Å². The van der Waals surface area contributed by atoms with Gasteiger partial charge < -0.3 is 15.4 Å². The van der Waals surface area contributed by atoms with Crippen molar-refractivity contribution in [3.05, 3.63) is 88.7 Å². The van der Waals surface area contributed by atoms with E-state index in [0.717, 1.165) is 11.6 Å². The minimum absolute atomic E-state index is 0.0948. The van der Waals surface area contributed by atoms with Crippen LogP contribution in [0.1, 0.15) is 39.6 Å². The van der Waals surface area contributed by atoms with Crippen LogP contribution in [0.15, 0.2) is 54.7 Å². The van der Waals surface area contributed by atoms with Gasteiger partial charge in [0, 0.05) is 23.9 Å². The highest BCUT2D eigenvalue weighted by Gasteiger charge is 2.24. The lowest BCUT2D eigenvalue weighted by Crippen LogP contribution is -2.31. The van der Waals surface area contributed by atoms with Crippen molar-refractivity contribution in [3.63, 3.8) is 0 Å². The minimum Gasteiger partial charge on any atom is -0.460 e. The van der Waals surface area contributed by atoms with Gasteiger partial charge in [0.05, 0.1) is 6.04 Å². The van der Waals surface area contributed by atoms with E-state index in [1.807, 2.05) is 0 Å². The average Bonchev–Trinajstić information content (AvgIpc) is 2.79. The Hall–Kier alpha value is -3.88. The molecule has 3 aromatic rings. The Labute approximate surface area is 181 Å². The number of aromatic nitrogens is 1. The van der Waals surface area contributed by atoms with Gasteiger partial charge >= 0.3 is 0 Å². The number of aryl methyl sites for hydroxylation is 1.